The number of nitrogens with zero attached hydrogens (tertiary/aromatic N) is 5. The van der Waals surface area contributed by atoms with E-state index in [1.165, 1.54) is 0 Å². The second kappa shape index (κ2) is 13.0. The van der Waals surface area contributed by atoms with E-state index in [9.17, 15) is 18.0 Å². The molecule has 14 heteroatoms. The summed E-state index contributed by atoms with van der Waals surface area (Å²) in [6.07, 6.45) is -1.39. The van der Waals surface area contributed by atoms with Gasteiger partial charge in [-0.2, -0.15) is 13.2 Å². The second-order valence-electron chi connectivity index (χ2n) is 8.47. The van der Waals surface area contributed by atoms with Gasteiger partial charge in [0.1, 0.15) is 0 Å². The number of hydrogen-bond acceptors (Lipinski definition) is 5. The molecule has 0 saturated carbocycles. The highest BCUT2D eigenvalue weighted by molar-refractivity contribution is 6.43. The van der Waals surface area contributed by atoms with E-state index in [1.807, 2.05) is 48.7 Å². The van der Waals surface area contributed by atoms with Crippen LogP contribution in [0.5, 0.6) is 0 Å². The quantitative estimate of drug-likeness (QED) is 0.394. The number of piperazine rings is 1. The molecule has 0 unspecified atom stereocenters. The molecule has 2 amide bonds. The first kappa shape index (κ1) is 29.3. The van der Waals surface area contributed by atoms with Gasteiger partial charge in [-0.3, -0.25) is 9.80 Å². The van der Waals surface area contributed by atoms with Crippen LogP contribution in [0, 0.1) is 0 Å². The number of aliphatic carboxylic acids is 1. The van der Waals surface area contributed by atoms with Gasteiger partial charge in [0.2, 0.25) is 0 Å². The van der Waals surface area contributed by atoms with Gasteiger partial charge in [0.25, 0.3) is 0 Å². The van der Waals surface area contributed by atoms with Gasteiger partial charge in [-0.05, 0) is 43.7 Å². The van der Waals surface area contributed by atoms with Gasteiger partial charge in [-0.1, -0.05) is 35.3 Å². The zero-order valence-corrected chi connectivity index (χ0v) is 21.8. The number of carboxylic acids is 1. The molecular weight excluding hydrogens is 548 g/mol. The SMILES string of the molecule is NC(=O)N(CCCCN1CCN(c2cccc(Cl)c2Cl)CC1)c1cc2ccccn2n1.O=C(O)C(F)(F)F. The predicted octanol–water partition coefficient (Wildman–Crippen LogP) is 4.76. The van der Waals surface area contributed by atoms with E-state index in [0.717, 1.165) is 56.8 Å². The zero-order valence-electron chi connectivity index (χ0n) is 20.2. The second-order valence-corrected chi connectivity index (χ2v) is 9.26. The smallest absolute Gasteiger partial charge is 0.475 e. The van der Waals surface area contributed by atoms with Crippen LogP contribution in [-0.4, -0.2) is 77.1 Å². The van der Waals surface area contributed by atoms with Crippen LogP contribution in [0.4, 0.5) is 29.5 Å². The van der Waals surface area contributed by atoms with Crippen LogP contribution in [0.15, 0.2) is 48.7 Å². The van der Waals surface area contributed by atoms with Gasteiger partial charge in [-0.15, -0.1) is 5.10 Å². The number of carboxylic acid groups (broad SMARTS) is 1. The molecule has 9 nitrogen and oxygen atoms in total. The molecule has 38 heavy (non-hydrogen) atoms. The Labute approximate surface area is 227 Å². The molecule has 1 aliphatic heterocycles. The normalized spacial score (nSPS) is 14.2. The van der Waals surface area contributed by atoms with Crippen molar-refractivity contribution < 1.29 is 27.9 Å². The third-order valence-electron chi connectivity index (χ3n) is 5.89. The number of aromatic nitrogens is 2. The number of anilines is 2. The number of alkyl halides is 3. The number of amides is 2. The first-order valence-corrected chi connectivity index (χ1v) is 12.5. The third kappa shape index (κ3) is 7.89. The standard InChI is InChI=1S/C22H26Cl2N6O.C2HF3O2/c23-18-7-5-8-19(21(18)24)28-14-12-27(13-15-28)9-3-4-10-29(22(25)31)20-16-17-6-1-2-11-30(17)26-20;3-2(4,5)1(6)7/h1-2,5-8,11,16H,3-4,9-10,12-15H2,(H2,25,31);(H,6,7). The van der Waals surface area contributed by atoms with E-state index in [2.05, 4.69) is 14.9 Å². The van der Waals surface area contributed by atoms with Crippen LogP contribution in [0.2, 0.25) is 10.0 Å². The Morgan fingerprint density at radius 1 is 1.05 bits per heavy atom. The van der Waals surface area contributed by atoms with Crippen molar-refractivity contribution in [1.82, 2.24) is 14.5 Å². The van der Waals surface area contributed by atoms with Gasteiger partial charge in [0.05, 0.1) is 21.2 Å². The maximum atomic E-state index is 12.0. The highest BCUT2D eigenvalue weighted by atomic mass is 35.5. The molecule has 1 fully saturated rings. The highest BCUT2D eigenvalue weighted by Gasteiger charge is 2.38. The summed E-state index contributed by atoms with van der Waals surface area (Å²) >= 11 is 12.5. The summed E-state index contributed by atoms with van der Waals surface area (Å²) < 4.78 is 33.5. The van der Waals surface area contributed by atoms with Gasteiger partial charge < -0.3 is 15.7 Å². The van der Waals surface area contributed by atoms with Crippen LogP contribution in [0.1, 0.15) is 12.8 Å². The molecule has 2 aromatic heterocycles. The fourth-order valence-corrected chi connectivity index (χ4v) is 4.36. The molecular formula is C24H27Cl2F3N6O3. The number of urea groups is 1. The van der Waals surface area contributed by atoms with E-state index in [-0.39, 0.29) is 0 Å². The summed E-state index contributed by atoms with van der Waals surface area (Å²) in [6.45, 7) is 5.29. The van der Waals surface area contributed by atoms with Crippen molar-refractivity contribution in [2.24, 2.45) is 5.73 Å². The molecule has 0 radical (unpaired) electrons. The number of carbonyl (C=O) groups excluding carboxylic acids is 1. The summed E-state index contributed by atoms with van der Waals surface area (Å²) in [5.41, 5.74) is 7.54. The molecule has 1 aliphatic rings. The predicted molar refractivity (Wildman–Crippen MR) is 140 cm³/mol. The summed E-state index contributed by atoms with van der Waals surface area (Å²) in [6, 6.07) is 13.0. The highest BCUT2D eigenvalue weighted by Crippen LogP contribution is 2.32. The third-order valence-corrected chi connectivity index (χ3v) is 6.70. The van der Waals surface area contributed by atoms with Crippen molar-refractivity contribution in [3.05, 3.63) is 58.7 Å². The molecule has 206 valence electrons. The number of rotatable bonds is 7. The van der Waals surface area contributed by atoms with Crippen molar-refractivity contribution in [1.29, 1.82) is 0 Å². The lowest BCUT2D eigenvalue weighted by molar-refractivity contribution is -0.192. The number of fused-ring (bicyclic) bond motifs is 1. The molecule has 4 rings (SSSR count). The van der Waals surface area contributed by atoms with Crippen LogP contribution < -0.4 is 15.5 Å². The fourth-order valence-electron chi connectivity index (χ4n) is 3.95. The monoisotopic (exact) mass is 574 g/mol. The Bertz CT molecular complexity index is 1220. The molecule has 3 N–H and O–H groups in total. The Hall–Kier alpha value is -3.22. The molecule has 3 aromatic rings. The fraction of sp³-hybridized carbons (Fsp3) is 0.375. The van der Waals surface area contributed by atoms with Crippen molar-refractivity contribution in [3.63, 3.8) is 0 Å². The lowest BCUT2D eigenvalue weighted by Crippen LogP contribution is -2.46. The largest absolute Gasteiger partial charge is 0.490 e. The lowest BCUT2D eigenvalue weighted by Gasteiger charge is -2.36. The molecule has 0 atom stereocenters. The van der Waals surface area contributed by atoms with Crippen molar-refractivity contribution in [2.45, 2.75) is 19.0 Å². The minimum absolute atomic E-state index is 0.476. The minimum atomic E-state index is -5.08. The Morgan fingerprint density at radius 2 is 1.74 bits per heavy atom. The van der Waals surface area contributed by atoms with Gasteiger partial charge in [-0.25, -0.2) is 14.1 Å². The summed E-state index contributed by atoms with van der Waals surface area (Å²) in [5.74, 6) is -2.17. The van der Waals surface area contributed by atoms with Gasteiger partial charge >= 0.3 is 18.2 Å². The molecule has 0 spiro atoms. The Morgan fingerprint density at radius 3 is 2.34 bits per heavy atom. The minimum Gasteiger partial charge on any atom is -0.475 e. The topological polar surface area (TPSA) is 107 Å². The Balaban J connectivity index is 0.000000505. The molecule has 0 aliphatic carbocycles. The molecule has 0 bridgehead atoms. The molecule has 1 saturated heterocycles. The van der Waals surface area contributed by atoms with Crippen LogP contribution in [-0.2, 0) is 4.79 Å². The molecule has 1 aromatic carbocycles. The number of hydrogen-bond donors (Lipinski definition) is 2. The van der Waals surface area contributed by atoms with E-state index in [4.69, 9.17) is 38.8 Å². The first-order chi connectivity index (χ1) is 18.0. The van der Waals surface area contributed by atoms with E-state index >= 15 is 0 Å². The van der Waals surface area contributed by atoms with Crippen LogP contribution in [0.25, 0.3) is 5.52 Å². The number of halogens is 5. The number of nitrogens with two attached hydrogens (primary N) is 1. The molecule has 3 heterocycles. The van der Waals surface area contributed by atoms with Crippen molar-refractivity contribution >= 4 is 52.2 Å². The van der Waals surface area contributed by atoms with Crippen molar-refractivity contribution in [3.8, 4) is 0 Å². The zero-order chi connectivity index (χ0) is 27.9. The Kier molecular flexibility index (Phi) is 10.1. The number of primary amides is 1. The maximum Gasteiger partial charge on any atom is 0.490 e. The van der Waals surface area contributed by atoms with Crippen molar-refractivity contribution in [2.75, 3.05) is 49.1 Å². The average Bonchev–Trinajstić information content (AvgIpc) is 3.29. The number of pyridine rings is 1. The summed E-state index contributed by atoms with van der Waals surface area (Å²) in [4.78, 5) is 27.1. The number of unbranched alkanes of at least 4 members (excludes halogenated alkanes) is 1. The van der Waals surface area contributed by atoms with Crippen LogP contribution >= 0.6 is 23.2 Å². The van der Waals surface area contributed by atoms with Gasteiger partial charge in [0, 0.05) is 45.0 Å². The van der Waals surface area contributed by atoms with E-state index in [1.54, 1.807) is 9.42 Å². The number of carbonyl (C=O) groups is 2. The van der Waals surface area contributed by atoms with Crippen LogP contribution in [0.3, 0.4) is 0 Å². The average molecular weight is 575 g/mol. The number of benzene rings is 1. The lowest BCUT2D eigenvalue weighted by atomic mass is 10.2. The summed E-state index contributed by atoms with van der Waals surface area (Å²) in [5, 5.41) is 12.8. The van der Waals surface area contributed by atoms with E-state index < -0.39 is 18.2 Å². The van der Waals surface area contributed by atoms with E-state index in [0.29, 0.717) is 22.4 Å². The summed E-state index contributed by atoms with van der Waals surface area (Å²) in [7, 11) is 0. The van der Waals surface area contributed by atoms with Gasteiger partial charge in [0.15, 0.2) is 5.82 Å². The first-order valence-electron chi connectivity index (χ1n) is 11.7. The maximum absolute atomic E-state index is 12.0.